The molecule has 84 valence electrons. The van der Waals surface area contributed by atoms with Gasteiger partial charge in [-0.25, -0.2) is 9.59 Å². The van der Waals surface area contributed by atoms with Crippen molar-refractivity contribution >= 4 is 17.9 Å². The van der Waals surface area contributed by atoms with Crippen molar-refractivity contribution in [3.63, 3.8) is 0 Å². The van der Waals surface area contributed by atoms with Crippen LogP contribution in [0.1, 0.15) is 0 Å². The van der Waals surface area contributed by atoms with Crippen LogP contribution in [0, 0.1) is 0 Å². The minimum atomic E-state index is -0.751. The largest absolute Gasteiger partial charge is 0.527 e. The van der Waals surface area contributed by atoms with Crippen LogP contribution in [0.5, 0.6) is 0 Å². The van der Waals surface area contributed by atoms with Gasteiger partial charge < -0.3 is 18.6 Å². The van der Waals surface area contributed by atoms with E-state index < -0.39 is 11.9 Å². The standard InChI is InChI=1S/C9H13O6/c1-12-7(10)5-6(8(11)13-2)9(14-3)15-4/h5H,1-4H3/q+1. The monoisotopic (exact) mass is 217 g/mol. The average Bonchev–Trinajstić information content (AvgIpc) is 2.27. The Kier molecular flexibility index (Phi) is 5.77. The lowest BCUT2D eigenvalue weighted by Crippen LogP contribution is -2.19. The molecule has 0 saturated heterocycles. The molecular weight excluding hydrogens is 204 g/mol. The minimum Gasteiger partial charge on any atom is -0.466 e. The van der Waals surface area contributed by atoms with Crippen molar-refractivity contribution < 1.29 is 28.2 Å². The van der Waals surface area contributed by atoms with Crippen molar-refractivity contribution in [1.82, 2.24) is 0 Å². The quantitative estimate of drug-likeness (QED) is 0.160. The van der Waals surface area contributed by atoms with Crippen LogP contribution in [0.3, 0.4) is 0 Å². The second kappa shape index (κ2) is 6.58. The van der Waals surface area contributed by atoms with E-state index in [1.54, 1.807) is 0 Å². The van der Waals surface area contributed by atoms with E-state index in [-0.39, 0.29) is 11.5 Å². The van der Waals surface area contributed by atoms with Crippen LogP contribution in [0.4, 0.5) is 0 Å². The number of hydrogen-bond donors (Lipinski definition) is 0. The fraction of sp³-hybridized carbons (Fsp3) is 0.444. The first kappa shape index (κ1) is 13.2. The maximum absolute atomic E-state index is 11.2. The molecule has 0 aliphatic rings. The Morgan fingerprint density at radius 3 is 2.00 bits per heavy atom. The highest BCUT2D eigenvalue weighted by Gasteiger charge is 2.29. The molecule has 6 heteroatoms. The number of hydrogen-bond acceptors (Lipinski definition) is 5. The van der Waals surface area contributed by atoms with Gasteiger partial charge in [0.1, 0.15) is 0 Å². The summed E-state index contributed by atoms with van der Waals surface area (Å²) >= 11 is 0. The molecule has 6 nitrogen and oxygen atoms in total. The van der Waals surface area contributed by atoms with E-state index in [0.717, 1.165) is 6.08 Å². The molecule has 0 rings (SSSR count). The predicted molar refractivity (Wildman–Crippen MR) is 50.1 cm³/mol. The van der Waals surface area contributed by atoms with Crippen molar-refractivity contribution in [1.29, 1.82) is 0 Å². The van der Waals surface area contributed by atoms with Gasteiger partial charge in [0.25, 0.3) is 0 Å². The molecule has 0 spiro atoms. The highest BCUT2D eigenvalue weighted by molar-refractivity contribution is 6.17. The van der Waals surface area contributed by atoms with Crippen molar-refractivity contribution in [3.8, 4) is 0 Å². The van der Waals surface area contributed by atoms with Crippen LogP contribution in [0.25, 0.3) is 0 Å². The highest BCUT2D eigenvalue weighted by Crippen LogP contribution is 2.02. The summed E-state index contributed by atoms with van der Waals surface area (Å²) in [7, 11) is 4.96. The third-order valence-electron chi connectivity index (χ3n) is 1.46. The van der Waals surface area contributed by atoms with Crippen LogP contribution in [-0.2, 0) is 28.2 Å². The number of carbonyl (C=O) groups excluding carboxylic acids is 3. The molecular formula is C9H13O6+. The number of carbonyl (C=O) groups is 2. The Labute approximate surface area is 87.1 Å². The second-order valence-electron chi connectivity index (χ2n) is 2.27. The minimum absolute atomic E-state index is 0.118. The van der Waals surface area contributed by atoms with Crippen LogP contribution >= 0.6 is 0 Å². The third-order valence-corrected chi connectivity index (χ3v) is 1.46. The van der Waals surface area contributed by atoms with Crippen LogP contribution in [0.15, 0.2) is 11.6 Å². The van der Waals surface area contributed by atoms with Crippen LogP contribution < -0.4 is 0 Å². The van der Waals surface area contributed by atoms with Gasteiger partial charge in [0.15, 0.2) is 14.2 Å². The van der Waals surface area contributed by atoms with Crippen molar-refractivity contribution in [2.45, 2.75) is 0 Å². The van der Waals surface area contributed by atoms with Gasteiger partial charge in [-0.05, 0) is 0 Å². The molecule has 0 atom stereocenters. The van der Waals surface area contributed by atoms with E-state index in [1.165, 1.54) is 28.4 Å². The summed E-state index contributed by atoms with van der Waals surface area (Å²) in [5.74, 6) is -1.58. The fourth-order valence-corrected chi connectivity index (χ4v) is 0.791. The summed E-state index contributed by atoms with van der Waals surface area (Å²) in [5, 5.41) is 0. The summed E-state index contributed by atoms with van der Waals surface area (Å²) in [6.45, 7) is 0. The molecule has 15 heavy (non-hydrogen) atoms. The maximum atomic E-state index is 11.2. The zero-order valence-corrected chi connectivity index (χ0v) is 9.03. The van der Waals surface area contributed by atoms with Gasteiger partial charge in [-0.3, -0.25) is 0 Å². The molecule has 0 N–H and O–H groups in total. The molecule has 0 aromatic heterocycles. The first-order valence-electron chi connectivity index (χ1n) is 3.94. The summed E-state index contributed by atoms with van der Waals surface area (Å²) < 4.78 is 18.3. The normalized spacial score (nSPS) is 12.0. The molecule has 0 bridgehead atoms. The van der Waals surface area contributed by atoms with Gasteiger partial charge in [0.2, 0.25) is 5.57 Å². The molecule has 0 amide bonds. The van der Waals surface area contributed by atoms with Gasteiger partial charge in [-0.2, -0.15) is 0 Å². The summed E-state index contributed by atoms with van der Waals surface area (Å²) in [6.07, 6.45) is 0.925. The van der Waals surface area contributed by atoms with E-state index in [0.29, 0.717) is 0 Å². The van der Waals surface area contributed by atoms with Gasteiger partial charge in [0.05, 0.1) is 20.3 Å². The van der Waals surface area contributed by atoms with E-state index in [4.69, 9.17) is 9.16 Å². The third kappa shape index (κ3) is 3.80. The molecule has 0 unspecified atom stereocenters. The molecule has 0 aromatic rings. The van der Waals surface area contributed by atoms with Gasteiger partial charge in [-0.1, -0.05) is 0 Å². The molecule has 0 aromatic carbocycles. The molecule has 0 saturated carbocycles. The van der Waals surface area contributed by atoms with Gasteiger partial charge >= 0.3 is 17.9 Å². The summed E-state index contributed by atoms with van der Waals surface area (Å²) in [4.78, 5) is 22.2. The van der Waals surface area contributed by atoms with E-state index in [1.807, 2.05) is 0 Å². The SMILES string of the molecule is COC(=O)C=C(C(=O)OC)C(OC)=[O+]C. The first-order chi connectivity index (χ1) is 7.10. The lowest BCUT2D eigenvalue weighted by atomic mass is 10.2. The topological polar surface area (TPSA) is 73.1 Å². The zero-order valence-electron chi connectivity index (χ0n) is 9.03. The number of esters is 3. The molecule has 0 aliphatic carbocycles. The van der Waals surface area contributed by atoms with Crippen molar-refractivity contribution in [3.05, 3.63) is 11.6 Å². The van der Waals surface area contributed by atoms with Gasteiger partial charge in [-0.15, -0.1) is 0 Å². The summed E-state index contributed by atoms with van der Waals surface area (Å²) in [6, 6.07) is 0. The summed E-state index contributed by atoms with van der Waals surface area (Å²) in [5.41, 5.74) is -0.144. The lowest BCUT2D eigenvalue weighted by molar-refractivity contribution is -0.430. The number of ether oxygens (including phenoxy) is 3. The maximum Gasteiger partial charge on any atom is 0.527 e. The van der Waals surface area contributed by atoms with Crippen molar-refractivity contribution in [2.75, 3.05) is 28.4 Å². The Morgan fingerprint density at radius 1 is 1.07 bits per heavy atom. The Bertz CT molecular complexity index is 302. The fourth-order valence-electron chi connectivity index (χ4n) is 0.791. The highest BCUT2D eigenvalue weighted by atomic mass is 16.6. The number of rotatable bonds is 3. The van der Waals surface area contributed by atoms with Crippen molar-refractivity contribution in [2.24, 2.45) is 0 Å². The van der Waals surface area contributed by atoms with Gasteiger partial charge in [0, 0.05) is 0 Å². The molecule has 0 radical (unpaired) electrons. The zero-order chi connectivity index (χ0) is 11.8. The molecule has 0 heterocycles. The van der Waals surface area contributed by atoms with Crippen LogP contribution in [-0.4, -0.2) is 46.3 Å². The lowest BCUT2D eigenvalue weighted by Gasteiger charge is -1.98. The predicted octanol–water partition coefficient (Wildman–Crippen LogP) is -0.403. The van der Waals surface area contributed by atoms with E-state index >= 15 is 0 Å². The Hall–Kier alpha value is -1.85. The van der Waals surface area contributed by atoms with Crippen LogP contribution in [0.2, 0.25) is 0 Å². The second-order valence-corrected chi connectivity index (χ2v) is 2.27. The van der Waals surface area contributed by atoms with E-state index in [2.05, 4.69) is 9.47 Å². The Balaban J connectivity index is 5.14. The Morgan fingerprint density at radius 2 is 1.67 bits per heavy atom. The van der Waals surface area contributed by atoms with E-state index in [9.17, 15) is 9.59 Å². The number of methoxy groups -OCH3 is 3. The average molecular weight is 217 g/mol. The smallest absolute Gasteiger partial charge is 0.466 e. The molecule has 0 fully saturated rings. The first-order valence-corrected chi connectivity index (χ1v) is 3.94. The molecule has 0 aliphatic heterocycles.